The van der Waals surface area contributed by atoms with Gasteiger partial charge in [-0.15, -0.1) is 0 Å². The maximum absolute atomic E-state index is 11.8. The molecule has 0 spiro atoms. The van der Waals surface area contributed by atoms with Gasteiger partial charge in [-0.1, -0.05) is 35.3 Å². The van der Waals surface area contributed by atoms with Gasteiger partial charge in [0.1, 0.15) is 6.61 Å². The van der Waals surface area contributed by atoms with Crippen molar-refractivity contribution in [2.75, 3.05) is 18.5 Å². The topological polar surface area (TPSA) is 56.8 Å². The van der Waals surface area contributed by atoms with Crippen molar-refractivity contribution in [1.82, 2.24) is 0 Å². The van der Waals surface area contributed by atoms with E-state index in [4.69, 9.17) is 37.4 Å². The van der Waals surface area contributed by atoms with Crippen LogP contribution in [-0.2, 0) is 17.9 Å². The van der Waals surface area contributed by atoms with E-state index in [9.17, 15) is 4.79 Å². The molecule has 168 valence electrons. The number of esters is 1. The van der Waals surface area contributed by atoms with Crippen molar-refractivity contribution in [3.8, 4) is 11.5 Å². The molecule has 5 nitrogen and oxygen atoms in total. The van der Waals surface area contributed by atoms with E-state index in [1.807, 2.05) is 55.5 Å². The minimum Gasteiger partial charge on any atom is -0.490 e. The first kappa shape index (κ1) is 23.8. The Morgan fingerprint density at radius 3 is 2.25 bits per heavy atom. The van der Waals surface area contributed by atoms with Crippen molar-refractivity contribution in [2.45, 2.75) is 27.0 Å². The summed E-state index contributed by atoms with van der Waals surface area (Å²) in [6, 6.07) is 18.3. The summed E-state index contributed by atoms with van der Waals surface area (Å²) in [5.41, 5.74) is 3.30. The number of carbonyl (C=O) groups is 1. The van der Waals surface area contributed by atoms with Gasteiger partial charge in [-0.05, 0) is 73.5 Å². The average Bonchev–Trinajstić information content (AvgIpc) is 2.79. The lowest BCUT2D eigenvalue weighted by atomic mass is 10.1. The zero-order valence-electron chi connectivity index (χ0n) is 18.0. The second-order valence-corrected chi connectivity index (χ2v) is 7.75. The van der Waals surface area contributed by atoms with Crippen molar-refractivity contribution in [2.24, 2.45) is 0 Å². The molecule has 0 saturated carbocycles. The highest BCUT2D eigenvalue weighted by Gasteiger charge is 2.13. The number of hydrogen-bond acceptors (Lipinski definition) is 5. The Kier molecular flexibility index (Phi) is 8.65. The highest BCUT2D eigenvalue weighted by atomic mass is 35.5. The molecule has 1 N–H and O–H groups in total. The standard InChI is InChI=1S/C25H25Cl2NO4/c1-3-30-23-14-18(15-28-21-11-7-19(8-12-21)25(29)31-4-2)13-22(27)24(23)32-16-17-5-9-20(26)10-6-17/h5-14,28H,3-4,15-16H2,1-2H3. The maximum Gasteiger partial charge on any atom is 0.338 e. The summed E-state index contributed by atoms with van der Waals surface area (Å²) >= 11 is 12.5. The summed E-state index contributed by atoms with van der Waals surface area (Å²) in [5.74, 6) is 0.760. The van der Waals surface area contributed by atoms with Gasteiger partial charge in [-0.2, -0.15) is 0 Å². The van der Waals surface area contributed by atoms with Gasteiger partial charge in [0, 0.05) is 17.3 Å². The molecule has 0 radical (unpaired) electrons. The Hall–Kier alpha value is -2.89. The van der Waals surface area contributed by atoms with Gasteiger partial charge >= 0.3 is 5.97 Å². The van der Waals surface area contributed by atoms with Crippen LogP contribution in [0.5, 0.6) is 11.5 Å². The Balaban J connectivity index is 1.68. The lowest BCUT2D eigenvalue weighted by Gasteiger charge is -2.16. The molecule has 0 atom stereocenters. The molecule has 0 bridgehead atoms. The van der Waals surface area contributed by atoms with E-state index in [0.717, 1.165) is 16.8 Å². The van der Waals surface area contributed by atoms with Gasteiger partial charge in [0.05, 0.1) is 23.8 Å². The number of anilines is 1. The molecule has 3 aromatic rings. The maximum atomic E-state index is 11.8. The van der Waals surface area contributed by atoms with Crippen LogP contribution in [0.15, 0.2) is 60.7 Å². The Morgan fingerprint density at radius 2 is 1.59 bits per heavy atom. The van der Waals surface area contributed by atoms with Gasteiger partial charge in [0.15, 0.2) is 11.5 Å². The van der Waals surface area contributed by atoms with Crippen LogP contribution < -0.4 is 14.8 Å². The molecule has 3 aromatic carbocycles. The van der Waals surface area contributed by atoms with Gasteiger partial charge in [0.2, 0.25) is 0 Å². The monoisotopic (exact) mass is 473 g/mol. The third kappa shape index (κ3) is 6.55. The van der Waals surface area contributed by atoms with Crippen molar-refractivity contribution in [3.05, 3.63) is 87.4 Å². The SMILES string of the molecule is CCOC(=O)c1ccc(NCc2cc(Cl)c(OCc3ccc(Cl)cc3)c(OCC)c2)cc1. The molecule has 0 aliphatic carbocycles. The van der Waals surface area contributed by atoms with Crippen molar-refractivity contribution in [1.29, 1.82) is 0 Å². The number of hydrogen-bond donors (Lipinski definition) is 1. The fourth-order valence-electron chi connectivity index (χ4n) is 3.01. The average molecular weight is 474 g/mol. The van der Waals surface area contributed by atoms with Crippen molar-refractivity contribution < 1.29 is 19.0 Å². The van der Waals surface area contributed by atoms with Gasteiger partial charge < -0.3 is 19.5 Å². The second-order valence-electron chi connectivity index (χ2n) is 6.90. The first-order valence-corrected chi connectivity index (χ1v) is 11.1. The largest absolute Gasteiger partial charge is 0.490 e. The van der Waals surface area contributed by atoms with E-state index in [1.54, 1.807) is 19.1 Å². The van der Waals surface area contributed by atoms with Crippen LogP contribution in [-0.4, -0.2) is 19.2 Å². The van der Waals surface area contributed by atoms with Crippen LogP contribution in [0.4, 0.5) is 5.69 Å². The number of benzene rings is 3. The molecule has 0 aliphatic rings. The van der Waals surface area contributed by atoms with Crippen LogP contribution in [0.25, 0.3) is 0 Å². The second kappa shape index (κ2) is 11.7. The van der Waals surface area contributed by atoms with Crippen LogP contribution >= 0.6 is 23.2 Å². The molecular weight excluding hydrogens is 449 g/mol. The number of ether oxygens (including phenoxy) is 3. The van der Waals surface area contributed by atoms with Crippen molar-refractivity contribution >= 4 is 34.9 Å². The molecule has 0 fully saturated rings. The molecule has 3 rings (SSSR count). The summed E-state index contributed by atoms with van der Waals surface area (Å²) in [7, 11) is 0. The first-order valence-electron chi connectivity index (χ1n) is 10.3. The minimum atomic E-state index is -0.332. The first-order chi connectivity index (χ1) is 15.5. The molecule has 7 heteroatoms. The highest BCUT2D eigenvalue weighted by Crippen LogP contribution is 2.37. The van der Waals surface area contributed by atoms with E-state index in [-0.39, 0.29) is 5.97 Å². The van der Waals surface area contributed by atoms with E-state index in [2.05, 4.69) is 5.32 Å². The summed E-state index contributed by atoms with van der Waals surface area (Å²) in [5, 5.41) is 4.47. The summed E-state index contributed by atoms with van der Waals surface area (Å²) in [6.45, 7) is 5.40. The number of carbonyl (C=O) groups excluding carboxylic acids is 1. The van der Waals surface area contributed by atoms with E-state index in [0.29, 0.717) is 53.5 Å². The Bertz CT molecular complexity index is 1040. The highest BCUT2D eigenvalue weighted by molar-refractivity contribution is 6.32. The molecule has 0 aromatic heterocycles. The fraction of sp³-hybridized carbons (Fsp3) is 0.240. The molecular formula is C25H25Cl2NO4. The van der Waals surface area contributed by atoms with Crippen LogP contribution in [0.1, 0.15) is 35.3 Å². The number of halogens is 2. The third-order valence-corrected chi connectivity index (χ3v) is 5.09. The van der Waals surface area contributed by atoms with E-state index >= 15 is 0 Å². The van der Waals surface area contributed by atoms with E-state index < -0.39 is 0 Å². The van der Waals surface area contributed by atoms with Crippen molar-refractivity contribution in [3.63, 3.8) is 0 Å². The van der Waals surface area contributed by atoms with Gasteiger partial charge in [0.25, 0.3) is 0 Å². The zero-order valence-corrected chi connectivity index (χ0v) is 19.5. The molecule has 0 unspecified atom stereocenters. The molecule has 32 heavy (non-hydrogen) atoms. The summed E-state index contributed by atoms with van der Waals surface area (Å²) in [6.07, 6.45) is 0. The number of nitrogens with one attached hydrogen (secondary N) is 1. The number of rotatable bonds is 10. The summed E-state index contributed by atoms with van der Waals surface area (Å²) < 4.78 is 16.7. The predicted molar refractivity (Wildman–Crippen MR) is 128 cm³/mol. The lowest BCUT2D eigenvalue weighted by Crippen LogP contribution is -2.05. The zero-order chi connectivity index (χ0) is 22.9. The normalized spacial score (nSPS) is 10.5. The van der Waals surface area contributed by atoms with E-state index in [1.165, 1.54) is 0 Å². The quantitative estimate of drug-likeness (QED) is 0.329. The molecule has 0 heterocycles. The summed E-state index contributed by atoms with van der Waals surface area (Å²) in [4.78, 5) is 11.8. The smallest absolute Gasteiger partial charge is 0.338 e. The molecule has 0 saturated heterocycles. The van der Waals surface area contributed by atoms with Crippen LogP contribution in [0.2, 0.25) is 10.0 Å². The van der Waals surface area contributed by atoms with Crippen LogP contribution in [0, 0.1) is 0 Å². The predicted octanol–water partition coefficient (Wildman–Crippen LogP) is 6.76. The third-order valence-electron chi connectivity index (χ3n) is 4.56. The molecule has 0 amide bonds. The van der Waals surface area contributed by atoms with Gasteiger partial charge in [-0.3, -0.25) is 0 Å². The fourth-order valence-corrected chi connectivity index (χ4v) is 3.42. The Labute approximate surface area is 198 Å². The lowest BCUT2D eigenvalue weighted by molar-refractivity contribution is 0.0526. The van der Waals surface area contributed by atoms with Gasteiger partial charge in [-0.25, -0.2) is 4.79 Å². The molecule has 0 aliphatic heterocycles. The Morgan fingerprint density at radius 1 is 0.875 bits per heavy atom. The minimum absolute atomic E-state index is 0.332. The van der Waals surface area contributed by atoms with Crippen LogP contribution in [0.3, 0.4) is 0 Å².